The van der Waals surface area contributed by atoms with Gasteiger partial charge in [0.1, 0.15) is 12.4 Å². The number of aliphatic carboxylic acids is 1. The molecule has 4 rings (SSSR count). The fourth-order valence-corrected chi connectivity index (χ4v) is 3.80. The van der Waals surface area contributed by atoms with Crippen molar-refractivity contribution in [3.05, 3.63) is 98.9 Å². The first-order valence-corrected chi connectivity index (χ1v) is 9.73. The Morgan fingerprint density at radius 1 is 1.09 bits per heavy atom. The Morgan fingerprint density at radius 3 is 2.62 bits per heavy atom. The first kappa shape index (κ1) is 21.4. The second-order valence-electron chi connectivity index (χ2n) is 7.42. The summed E-state index contributed by atoms with van der Waals surface area (Å²) in [5.74, 6) is -3.57. The highest BCUT2D eigenvalue weighted by atomic mass is 19.2. The van der Waals surface area contributed by atoms with E-state index in [4.69, 9.17) is 0 Å². The molecule has 0 saturated carbocycles. The molecular weight excluding hydrogens is 423 g/mol. The molecule has 0 radical (unpaired) electrons. The molecule has 32 heavy (non-hydrogen) atoms. The van der Waals surface area contributed by atoms with Crippen LogP contribution in [0, 0.1) is 24.4 Å². The van der Waals surface area contributed by atoms with Crippen molar-refractivity contribution in [3.63, 3.8) is 0 Å². The lowest BCUT2D eigenvalue weighted by atomic mass is 10.1. The molecule has 2 aromatic heterocycles. The van der Waals surface area contributed by atoms with Crippen LogP contribution in [0.1, 0.15) is 22.5 Å². The molecule has 0 amide bonds. The first-order chi connectivity index (χ1) is 15.2. The van der Waals surface area contributed by atoms with E-state index >= 15 is 0 Å². The van der Waals surface area contributed by atoms with Crippen molar-refractivity contribution in [1.29, 1.82) is 0 Å². The highest BCUT2D eigenvalue weighted by Gasteiger charge is 2.18. The number of fused-ring (bicyclic) bond motifs is 1. The van der Waals surface area contributed by atoms with E-state index in [0.29, 0.717) is 27.9 Å². The summed E-state index contributed by atoms with van der Waals surface area (Å²) in [5, 5.41) is 14.1. The summed E-state index contributed by atoms with van der Waals surface area (Å²) in [4.78, 5) is 23.5. The maximum Gasteiger partial charge on any atom is 0.323 e. The quantitative estimate of drug-likeness (QED) is 0.496. The summed E-state index contributed by atoms with van der Waals surface area (Å²) in [7, 11) is 0. The third kappa shape index (κ3) is 4.01. The summed E-state index contributed by atoms with van der Waals surface area (Å²) in [5.41, 5.74) is 1.78. The van der Waals surface area contributed by atoms with Crippen LogP contribution in [0.2, 0.25) is 0 Å². The van der Waals surface area contributed by atoms with Crippen molar-refractivity contribution >= 4 is 16.9 Å². The summed E-state index contributed by atoms with van der Waals surface area (Å²) >= 11 is 0. The van der Waals surface area contributed by atoms with Gasteiger partial charge in [0.15, 0.2) is 11.6 Å². The van der Waals surface area contributed by atoms with Crippen molar-refractivity contribution < 1.29 is 23.1 Å². The number of benzene rings is 2. The van der Waals surface area contributed by atoms with Crippen LogP contribution in [0.25, 0.3) is 10.9 Å². The number of halogens is 3. The molecule has 0 saturated heterocycles. The van der Waals surface area contributed by atoms with Gasteiger partial charge in [0.25, 0.3) is 5.56 Å². The summed E-state index contributed by atoms with van der Waals surface area (Å²) in [6.45, 7) is 1.18. The largest absolute Gasteiger partial charge is 0.480 e. The molecule has 9 heteroatoms. The molecule has 0 unspecified atom stereocenters. The van der Waals surface area contributed by atoms with E-state index in [1.165, 1.54) is 42.5 Å². The molecule has 4 aromatic rings. The number of hydrogen-bond acceptors (Lipinski definition) is 3. The highest BCUT2D eigenvalue weighted by Crippen LogP contribution is 2.28. The van der Waals surface area contributed by atoms with Gasteiger partial charge in [-0.05, 0) is 42.8 Å². The molecule has 0 aliphatic carbocycles. The van der Waals surface area contributed by atoms with E-state index < -0.39 is 29.0 Å². The molecule has 2 heterocycles. The number of carboxylic acid groups (broad SMARTS) is 1. The van der Waals surface area contributed by atoms with Crippen molar-refractivity contribution in [3.8, 4) is 0 Å². The minimum atomic E-state index is -1.05. The Kier molecular flexibility index (Phi) is 5.56. The molecule has 0 atom stereocenters. The van der Waals surface area contributed by atoms with Crippen LogP contribution in [0.15, 0.2) is 53.3 Å². The van der Waals surface area contributed by atoms with Gasteiger partial charge in [-0.15, -0.1) is 0 Å². The van der Waals surface area contributed by atoms with Crippen LogP contribution in [0.5, 0.6) is 0 Å². The Balaban J connectivity index is 1.75. The lowest BCUT2D eigenvalue weighted by molar-refractivity contribution is -0.137. The van der Waals surface area contributed by atoms with Gasteiger partial charge in [-0.2, -0.15) is 5.10 Å². The van der Waals surface area contributed by atoms with Crippen molar-refractivity contribution in [2.24, 2.45) is 0 Å². The van der Waals surface area contributed by atoms with Gasteiger partial charge in [0, 0.05) is 34.6 Å². The maximum atomic E-state index is 14.0. The van der Waals surface area contributed by atoms with Crippen molar-refractivity contribution in [1.82, 2.24) is 14.3 Å². The van der Waals surface area contributed by atoms with E-state index in [0.717, 1.165) is 10.7 Å². The van der Waals surface area contributed by atoms with Crippen LogP contribution >= 0.6 is 0 Å². The zero-order valence-corrected chi connectivity index (χ0v) is 17.0. The molecule has 0 bridgehead atoms. The summed E-state index contributed by atoms with van der Waals surface area (Å²) in [6.07, 6.45) is 0.185. The van der Waals surface area contributed by atoms with E-state index in [1.807, 2.05) is 0 Å². The van der Waals surface area contributed by atoms with E-state index in [-0.39, 0.29) is 25.1 Å². The third-order valence-corrected chi connectivity index (χ3v) is 5.34. The monoisotopic (exact) mass is 441 g/mol. The molecule has 0 spiro atoms. The molecule has 0 aliphatic heterocycles. The van der Waals surface area contributed by atoms with Gasteiger partial charge in [-0.3, -0.25) is 9.59 Å². The predicted octanol–water partition coefficient (Wildman–Crippen LogP) is 3.65. The van der Waals surface area contributed by atoms with E-state index in [2.05, 4.69) is 5.10 Å². The number of aromatic nitrogens is 3. The minimum Gasteiger partial charge on any atom is -0.480 e. The lowest BCUT2D eigenvalue weighted by Gasteiger charge is -2.09. The van der Waals surface area contributed by atoms with Gasteiger partial charge in [0.05, 0.1) is 12.2 Å². The normalized spacial score (nSPS) is 11.2. The fraction of sp³-hybridized carbons (Fsp3) is 0.174. The molecule has 164 valence electrons. The molecule has 1 N–H and O–H groups in total. The van der Waals surface area contributed by atoms with Gasteiger partial charge >= 0.3 is 5.97 Å². The smallest absolute Gasteiger partial charge is 0.323 e. The zero-order valence-electron chi connectivity index (χ0n) is 17.0. The van der Waals surface area contributed by atoms with Gasteiger partial charge in [0.2, 0.25) is 0 Å². The Morgan fingerprint density at radius 2 is 1.88 bits per heavy atom. The van der Waals surface area contributed by atoms with Crippen molar-refractivity contribution in [2.45, 2.75) is 26.4 Å². The molecule has 0 aliphatic rings. The Hall–Kier alpha value is -3.88. The van der Waals surface area contributed by atoms with Crippen molar-refractivity contribution in [2.75, 3.05) is 0 Å². The average molecular weight is 441 g/mol. The van der Waals surface area contributed by atoms with Crippen LogP contribution in [-0.2, 0) is 24.3 Å². The maximum absolute atomic E-state index is 14.0. The summed E-state index contributed by atoms with van der Waals surface area (Å²) in [6, 6.07) is 10.6. The zero-order chi connectivity index (χ0) is 23.0. The van der Waals surface area contributed by atoms with Gasteiger partial charge in [-0.1, -0.05) is 12.1 Å². The molecule has 6 nitrogen and oxygen atoms in total. The Bertz CT molecular complexity index is 1410. The molecule has 0 fully saturated rings. The van der Waals surface area contributed by atoms with Crippen LogP contribution < -0.4 is 5.56 Å². The number of carbonyl (C=O) groups is 1. The first-order valence-electron chi connectivity index (χ1n) is 9.73. The predicted molar refractivity (Wildman–Crippen MR) is 111 cm³/mol. The fourth-order valence-electron chi connectivity index (χ4n) is 3.80. The highest BCUT2D eigenvalue weighted by molar-refractivity contribution is 5.87. The van der Waals surface area contributed by atoms with E-state index in [1.54, 1.807) is 11.5 Å². The van der Waals surface area contributed by atoms with Gasteiger partial charge < -0.3 is 9.67 Å². The lowest BCUT2D eigenvalue weighted by Crippen LogP contribution is -2.24. The summed E-state index contributed by atoms with van der Waals surface area (Å²) < 4.78 is 44.1. The molecular formula is C23H18F3N3O3. The van der Waals surface area contributed by atoms with Gasteiger partial charge in [-0.25, -0.2) is 17.9 Å². The second-order valence-corrected chi connectivity index (χ2v) is 7.42. The Labute approximate surface area is 180 Å². The third-order valence-electron chi connectivity index (χ3n) is 5.34. The van der Waals surface area contributed by atoms with Crippen LogP contribution in [0.3, 0.4) is 0 Å². The topological polar surface area (TPSA) is 77.1 Å². The number of nitrogens with zero attached hydrogens (tertiary/aromatic N) is 3. The van der Waals surface area contributed by atoms with Crippen LogP contribution in [-0.4, -0.2) is 25.4 Å². The standard InChI is InChI=1S/C23H18F3N3O3/c1-13-17(18-9-15(24)5-7-20(18)28(13)12-22(31)32)10-16-6-8-21(30)29(27-16)11-14-3-2-4-19(25)23(14)26/h2-9H,10-12H2,1H3,(H,31,32). The molecule has 2 aromatic carbocycles. The minimum absolute atomic E-state index is 0.0203. The van der Waals surface area contributed by atoms with Crippen LogP contribution in [0.4, 0.5) is 13.2 Å². The number of hydrogen-bond donors (Lipinski definition) is 1. The second kappa shape index (κ2) is 8.33. The number of carboxylic acids is 1. The number of rotatable bonds is 6. The average Bonchev–Trinajstić information content (AvgIpc) is 2.98. The SMILES string of the molecule is Cc1c(Cc2ccc(=O)n(Cc3cccc(F)c3F)n2)c2cc(F)ccc2n1CC(=O)O. The van der Waals surface area contributed by atoms with E-state index in [9.17, 15) is 27.9 Å².